The molecule has 0 aliphatic carbocycles. The quantitative estimate of drug-likeness (QED) is 0.932. The highest BCUT2D eigenvalue weighted by Gasteiger charge is 2.33. The van der Waals surface area contributed by atoms with Crippen LogP contribution >= 0.6 is 23.2 Å². The van der Waals surface area contributed by atoms with Crippen molar-refractivity contribution >= 4 is 40.7 Å². The highest BCUT2D eigenvalue weighted by molar-refractivity contribution is 6.36. The van der Waals surface area contributed by atoms with Gasteiger partial charge in [-0.25, -0.2) is 0 Å². The van der Waals surface area contributed by atoms with Gasteiger partial charge < -0.3 is 5.32 Å². The van der Waals surface area contributed by atoms with E-state index >= 15 is 0 Å². The molecule has 2 rings (SSSR count). The molecule has 1 N–H and O–H groups in total. The third-order valence-electron chi connectivity index (χ3n) is 3.30. The summed E-state index contributed by atoms with van der Waals surface area (Å²) >= 11 is 12.3. The number of halogens is 2. The van der Waals surface area contributed by atoms with Gasteiger partial charge in [-0.1, -0.05) is 36.5 Å². The number of hydrogen-bond donors (Lipinski definition) is 1. The predicted octanol–water partition coefficient (Wildman–Crippen LogP) is 2.93. The van der Waals surface area contributed by atoms with E-state index in [9.17, 15) is 9.59 Å². The molecule has 0 bridgehead atoms. The van der Waals surface area contributed by atoms with Gasteiger partial charge >= 0.3 is 0 Å². The fraction of sp³-hybridized carbons (Fsp3) is 0.429. The zero-order valence-corrected chi connectivity index (χ0v) is 12.9. The van der Waals surface area contributed by atoms with Crippen molar-refractivity contribution in [3.63, 3.8) is 0 Å². The molecule has 2 amide bonds. The summed E-state index contributed by atoms with van der Waals surface area (Å²) in [4.78, 5) is 25.6. The van der Waals surface area contributed by atoms with Crippen molar-refractivity contribution in [2.75, 3.05) is 11.4 Å². The lowest BCUT2D eigenvalue weighted by molar-refractivity contribution is -0.131. The van der Waals surface area contributed by atoms with Gasteiger partial charge in [-0.15, -0.1) is 0 Å². The van der Waals surface area contributed by atoms with Crippen molar-refractivity contribution in [1.82, 2.24) is 5.32 Å². The van der Waals surface area contributed by atoms with Crippen LogP contribution < -0.4 is 10.2 Å². The van der Waals surface area contributed by atoms with Crippen LogP contribution in [0.1, 0.15) is 25.3 Å². The molecule has 108 valence electrons. The van der Waals surface area contributed by atoms with Gasteiger partial charge in [0.25, 0.3) is 0 Å². The first-order chi connectivity index (χ1) is 9.43. The third-order valence-corrected chi connectivity index (χ3v) is 4.01. The van der Waals surface area contributed by atoms with Gasteiger partial charge in [0.15, 0.2) is 0 Å². The highest BCUT2D eigenvalue weighted by atomic mass is 35.5. The van der Waals surface area contributed by atoms with E-state index in [-0.39, 0.29) is 18.4 Å². The molecular formula is C14H16Cl2N2O2. The Bertz CT molecular complexity index is 560. The van der Waals surface area contributed by atoms with Crippen molar-refractivity contribution < 1.29 is 9.59 Å². The maximum atomic E-state index is 12.4. The summed E-state index contributed by atoms with van der Waals surface area (Å²) in [5.41, 5.74) is 1.32. The Kier molecular flexibility index (Phi) is 4.55. The van der Waals surface area contributed by atoms with Crippen LogP contribution in [0.2, 0.25) is 10.0 Å². The van der Waals surface area contributed by atoms with Crippen molar-refractivity contribution in [3.05, 3.63) is 27.7 Å². The molecular weight excluding hydrogens is 299 g/mol. The lowest BCUT2D eigenvalue weighted by Crippen LogP contribution is -2.58. The lowest BCUT2D eigenvalue weighted by atomic mass is 10.1. The number of hydrogen-bond acceptors (Lipinski definition) is 2. The summed E-state index contributed by atoms with van der Waals surface area (Å²) < 4.78 is 0. The average Bonchev–Trinajstić information content (AvgIpc) is 2.38. The molecule has 0 aromatic heterocycles. The van der Waals surface area contributed by atoms with E-state index in [4.69, 9.17) is 23.2 Å². The van der Waals surface area contributed by atoms with E-state index in [0.29, 0.717) is 22.2 Å². The van der Waals surface area contributed by atoms with Gasteiger partial charge in [-0.2, -0.15) is 0 Å². The number of nitrogens with zero attached hydrogens (tertiary/aromatic N) is 1. The van der Waals surface area contributed by atoms with E-state index in [0.717, 1.165) is 12.0 Å². The Morgan fingerprint density at radius 2 is 2.00 bits per heavy atom. The van der Waals surface area contributed by atoms with Crippen LogP contribution in [0.5, 0.6) is 0 Å². The number of carbonyl (C=O) groups is 2. The smallest absolute Gasteiger partial charge is 0.250 e. The molecule has 1 aliphatic heterocycles. The number of carbonyl (C=O) groups excluding carboxylic acids is 2. The topological polar surface area (TPSA) is 49.4 Å². The maximum absolute atomic E-state index is 12.4. The van der Waals surface area contributed by atoms with Crippen LogP contribution in [0, 0.1) is 6.92 Å². The first-order valence-electron chi connectivity index (χ1n) is 6.50. The molecule has 0 spiro atoms. The first kappa shape index (κ1) is 15.1. The molecule has 1 heterocycles. The van der Waals surface area contributed by atoms with E-state index in [1.807, 2.05) is 13.8 Å². The maximum Gasteiger partial charge on any atom is 0.250 e. The van der Waals surface area contributed by atoms with E-state index in [1.54, 1.807) is 12.1 Å². The van der Waals surface area contributed by atoms with Crippen LogP contribution in [0.15, 0.2) is 12.1 Å². The minimum absolute atomic E-state index is 0.0296. The van der Waals surface area contributed by atoms with Crippen LogP contribution in [0.4, 0.5) is 5.69 Å². The molecule has 6 heteroatoms. The van der Waals surface area contributed by atoms with Gasteiger partial charge in [-0.05, 0) is 31.0 Å². The van der Waals surface area contributed by atoms with Gasteiger partial charge in [-0.3, -0.25) is 14.5 Å². The Balaban J connectivity index is 2.37. The molecule has 0 saturated carbocycles. The van der Waals surface area contributed by atoms with Gasteiger partial charge in [0.05, 0.1) is 10.7 Å². The third kappa shape index (κ3) is 2.91. The average molecular weight is 315 g/mol. The Hall–Kier alpha value is -1.26. The molecule has 1 aromatic carbocycles. The van der Waals surface area contributed by atoms with E-state index < -0.39 is 6.04 Å². The Labute approximate surface area is 128 Å². The summed E-state index contributed by atoms with van der Waals surface area (Å²) in [7, 11) is 0. The normalized spacial score (nSPS) is 19.2. The fourth-order valence-corrected chi connectivity index (χ4v) is 2.72. The summed E-state index contributed by atoms with van der Waals surface area (Å²) in [5.74, 6) is -0.330. The van der Waals surface area contributed by atoms with Gasteiger partial charge in [0.2, 0.25) is 11.8 Å². The van der Waals surface area contributed by atoms with Crippen molar-refractivity contribution in [3.8, 4) is 0 Å². The summed E-state index contributed by atoms with van der Waals surface area (Å²) in [6.07, 6.45) is 1.42. The van der Waals surface area contributed by atoms with Crippen molar-refractivity contribution in [2.24, 2.45) is 0 Å². The number of rotatable bonds is 3. The standard InChI is InChI=1S/C14H16Cl2N2O2/c1-3-4-11-14(20)18(7-13(19)17-11)12-6-9(15)8(2)5-10(12)16/h5-6,11H,3-4,7H2,1-2H3,(H,17,19). The molecule has 1 atom stereocenters. The molecule has 1 aromatic rings. The number of amides is 2. The Morgan fingerprint density at radius 3 is 2.65 bits per heavy atom. The zero-order chi connectivity index (χ0) is 14.9. The predicted molar refractivity (Wildman–Crippen MR) is 80.4 cm³/mol. The second-order valence-electron chi connectivity index (χ2n) is 4.89. The number of aryl methyl sites for hydroxylation is 1. The molecule has 1 unspecified atom stereocenters. The van der Waals surface area contributed by atoms with Gasteiger partial charge in [0, 0.05) is 5.02 Å². The monoisotopic (exact) mass is 314 g/mol. The second-order valence-corrected chi connectivity index (χ2v) is 5.70. The van der Waals surface area contributed by atoms with Crippen molar-refractivity contribution in [1.29, 1.82) is 0 Å². The second kappa shape index (κ2) is 6.02. The molecule has 1 fully saturated rings. The lowest BCUT2D eigenvalue weighted by Gasteiger charge is -2.33. The molecule has 1 saturated heterocycles. The van der Waals surface area contributed by atoms with E-state index in [1.165, 1.54) is 4.90 Å². The SMILES string of the molecule is CCCC1NC(=O)CN(c2cc(Cl)c(C)cc2Cl)C1=O. The summed E-state index contributed by atoms with van der Waals surface area (Å²) in [5, 5.41) is 3.65. The molecule has 0 radical (unpaired) electrons. The Morgan fingerprint density at radius 1 is 1.30 bits per heavy atom. The highest BCUT2D eigenvalue weighted by Crippen LogP contribution is 2.32. The zero-order valence-electron chi connectivity index (χ0n) is 11.4. The number of benzene rings is 1. The van der Waals surface area contributed by atoms with Crippen LogP contribution in [-0.4, -0.2) is 24.4 Å². The minimum atomic E-state index is -0.489. The number of nitrogens with one attached hydrogen (secondary N) is 1. The first-order valence-corrected chi connectivity index (χ1v) is 7.26. The van der Waals surface area contributed by atoms with Crippen LogP contribution in [0.3, 0.4) is 0 Å². The fourth-order valence-electron chi connectivity index (χ4n) is 2.24. The molecule has 1 aliphatic rings. The molecule has 20 heavy (non-hydrogen) atoms. The van der Waals surface area contributed by atoms with Crippen LogP contribution in [0.25, 0.3) is 0 Å². The van der Waals surface area contributed by atoms with Gasteiger partial charge in [0.1, 0.15) is 12.6 Å². The largest absolute Gasteiger partial charge is 0.343 e. The summed E-state index contributed by atoms with van der Waals surface area (Å²) in [6, 6.07) is 2.85. The number of anilines is 1. The van der Waals surface area contributed by atoms with Crippen LogP contribution in [-0.2, 0) is 9.59 Å². The summed E-state index contributed by atoms with van der Waals surface area (Å²) in [6.45, 7) is 3.77. The van der Waals surface area contributed by atoms with Crippen molar-refractivity contribution in [2.45, 2.75) is 32.7 Å². The van der Waals surface area contributed by atoms with E-state index in [2.05, 4.69) is 5.32 Å². The number of piperazine rings is 1. The minimum Gasteiger partial charge on any atom is -0.343 e. The molecule has 4 nitrogen and oxygen atoms in total.